The van der Waals surface area contributed by atoms with Gasteiger partial charge in [-0.2, -0.15) is 0 Å². The Hall–Kier alpha value is -0.160. The summed E-state index contributed by atoms with van der Waals surface area (Å²) in [5.41, 5.74) is 5.37. The Balaban J connectivity index is 2.30. The van der Waals surface area contributed by atoms with Crippen LogP contribution in [0.4, 0.5) is 0 Å². The molecule has 4 heteroatoms. The van der Waals surface area contributed by atoms with Gasteiger partial charge in [-0.1, -0.05) is 6.92 Å². The quantitative estimate of drug-likeness (QED) is 0.522. The van der Waals surface area contributed by atoms with Gasteiger partial charge in [0, 0.05) is 32.7 Å². The zero-order valence-corrected chi connectivity index (χ0v) is 8.37. The molecule has 0 amide bonds. The highest BCUT2D eigenvalue weighted by Gasteiger charge is 2.16. The number of rotatable bonds is 3. The van der Waals surface area contributed by atoms with Crippen molar-refractivity contribution in [1.29, 1.82) is 0 Å². The first-order chi connectivity index (χ1) is 6.22. The third-order valence-corrected chi connectivity index (χ3v) is 2.41. The van der Waals surface area contributed by atoms with E-state index in [2.05, 4.69) is 17.1 Å². The Kier molecular flexibility index (Phi) is 4.66. The SMILES string of the molecule is CC1CNCCN(CC(O)CN)C1. The van der Waals surface area contributed by atoms with Crippen LogP contribution in [0, 0.1) is 5.92 Å². The van der Waals surface area contributed by atoms with Gasteiger partial charge in [-0.05, 0) is 12.5 Å². The van der Waals surface area contributed by atoms with Gasteiger partial charge in [0.15, 0.2) is 0 Å². The summed E-state index contributed by atoms with van der Waals surface area (Å²) in [4.78, 5) is 2.28. The summed E-state index contributed by atoms with van der Waals surface area (Å²) in [5, 5.41) is 12.8. The maximum atomic E-state index is 9.40. The molecule has 0 aliphatic carbocycles. The third kappa shape index (κ3) is 4.04. The zero-order valence-electron chi connectivity index (χ0n) is 8.37. The number of aliphatic hydroxyl groups is 1. The van der Waals surface area contributed by atoms with Crippen molar-refractivity contribution in [2.24, 2.45) is 11.7 Å². The minimum Gasteiger partial charge on any atom is -0.390 e. The van der Waals surface area contributed by atoms with Crippen molar-refractivity contribution in [3.8, 4) is 0 Å². The summed E-state index contributed by atoms with van der Waals surface area (Å²) in [5.74, 6) is 0.660. The predicted octanol–water partition coefficient (Wildman–Crippen LogP) is -1.15. The molecule has 0 radical (unpaired) electrons. The molecule has 4 N–H and O–H groups in total. The Morgan fingerprint density at radius 1 is 1.69 bits per heavy atom. The monoisotopic (exact) mass is 187 g/mol. The fraction of sp³-hybridized carbons (Fsp3) is 1.00. The van der Waals surface area contributed by atoms with E-state index in [4.69, 9.17) is 5.73 Å². The second-order valence-corrected chi connectivity index (χ2v) is 3.96. The van der Waals surface area contributed by atoms with Crippen LogP contribution >= 0.6 is 0 Å². The molecule has 1 aliphatic rings. The number of nitrogens with one attached hydrogen (secondary N) is 1. The molecule has 2 atom stereocenters. The average molecular weight is 187 g/mol. The smallest absolute Gasteiger partial charge is 0.0789 e. The van der Waals surface area contributed by atoms with Gasteiger partial charge in [0.25, 0.3) is 0 Å². The molecule has 1 saturated heterocycles. The topological polar surface area (TPSA) is 61.5 Å². The van der Waals surface area contributed by atoms with E-state index in [0.29, 0.717) is 19.0 Å². The lowest BCUT2D eigenvalue weighted by Gasteiger charge is -2.23. The maximum absolute atomic E-state index is 9.40. The van der Waals surface area contributed by atoms with E-state index in [1.54, 1.807) is 0 Å². The second kappa shape index (κ2) is 5.54. The van der Waals surface area contributed by atoms with E-state index in [1.807, 2.05) is 0 Å². The lowest BCUT2D eigenvalue weighted by molar-refractivity contribution is 0.116. The molecule has 78 valence electrons. The highest BCUT2D eigenvalue weighted by molar-refractivity contribution is 4.73. The molecule has 0 aromatic rings. The van der Waals surface area contributed by atoms with Crippen LogP contribution in [0.5, 0.6) is 0 Å². The van der Waals surface area contributed by atoms with Crippen molar-refractivity contribution in [2.45, 2.75) is 13.0 Å². The van der Waals surface area contributed by atoms with Gasteiger partial charge in [-0.25, -0.2) is 0 Å². The minimum absolute atomic E-state index is 0.359. The summed E-state index contributed by atoms with van der Waals surface area (Å²) in [6, 6.07) is 0. The van der Waals surface area contributed by atoms with Crippen molar-refractivity contribution in [1.82, 2.24) is 10.2 Å². The number of β-amino-alcohol motifs (C(OH)–C–C–N with tert-alkyl or cyclic N) is 1. The number of aliphatic hydroxyl groups excluding tert-OH is 1. The molecule has 4 nitrogen and oxygen atoms in total. The molecule has 0 aromatic carbocycles. The van der Waals surface area contributed by atoms with Crippen LogP contribution in [0.15, 0.2) is 0 Å². The summed E-state index contributed by atoms with van der Waals surface area (Å²) < 4.78 is 0. The number of hydrogen-bond acceptors (Lipinski definition) is 4. The van der Waals surface area contributed by atoms with Crippen molar-refractivity contribution in [3.05, 3.63) is 0 Å². The summed E-state index contributed by atoms with van der Waals surface area (Å²) >= 11 is 0. The average Bonchev–Trinajstić information content (AvgIpc) is 2.30. The second-order valence-electron chi connectivity index (χ2n) is 3.96. The standard InChI is InChI=1S/C9H21N3O/c1-8-5-11-2-3-12(6-8)7-9(13)4-10/h8-9,11,13H,2-7,10H2,1H3. The fourth-order valence-corrected chi connectivity index (χ4v) is 1.72. The highest BCUT2D eigenvalue weighted by atomic mass is 16.3. The van der Waals surface area contributed by atoms with Crippen LogP contribution in [0.2, 0.25) is 0 Å². The number of nitrogens with two attached hydrogens (primary N) is 1. The lowest BCUT2D eigenvalue weighted by atomic mass is 10.1. The Morgan fingerprint density at radius 3 is 3.15 bits per heavy atom. The van der Waals surface area contributed by atoms with Crippen LogP contribution in [0.3, 0.4) is 0 Å². The zero-order chi connectivity index (χ0) is 9.68. The first-order valence-electron chi connectivity index (χ1n) is 5.03. The lowest BCUT2D eigenvalue weighted by Crippen LogP contribution is -2.39. The van der Waals surface area contributed by atoms with Crippen molar-refractivity contribution in [2.75, 3.05) is 39.3 Å². The van der Waals surface area contributed by atoms with Gasteiger partial charge in [0.1, 0.15) is 0 Å². The van der Waals surface area contributed by atoms with Crippen molar-refractivity contribution in [3.63, 3.8) is 0 Å². The summed E-state index contributed by atoms with van der Waals surface area (Å²) in [6.45, 7) is 7.46. The molecule has 0 saturated carbocycles. The first-order valence-corrected chi connectivity index (χ1v) is 5.03. The van der Waals surface area contributed by atoms with Crippen molar-refractivity contribution >= 4 is 0 Å². The Morgan fingerprint density at radius 2 is 2.46 bits per heavy atom. The van der Waals surface area contributed by atoms with E-state index in [-0.39, 0.29) is 6.10 Å². The van der Waals surface area contributed by atoms with Gasteiger partial charge >= 0.3 is 0 Å². The van der Waals surface area contributed by atoms with Crippen LogP contribution in [-0.4, -0.2) is 55.4 Å². The Labute approximate surface area is 80.1 Å². The van der Waals surface area contributed by atoms with Gasteiger partial charge in [0.2, 0.25) is 0 Å². The van der Waals surface area contributed by atoms with Crippen LogP contribution in [0.1, 0.15) is 6.92 Å². The first kappa shape index (κ1) is 10.9. The molecule has 1 heterocycles. The molecule has 1 rings (SSSR count). The summed E-state index contributed by atoms with van der Waals surface area (Å²) in [6.07, 6.45) is -0.370. The molecule has 0 spiro atoms. The van der Waals surface area contributed by atoms with Gasteiger partial charge in [-0.3, -0.25) is 4.90 Å². The van der Waals surface area contributed by atoms with E-state index in [9.17, 15) is 5.11 Å². The van der Waals surface area contributed by atoms with E-state index >= 15 is 0 Å². The number of hydrogen-bond donors (Lipinski definition) is 3. The molecule has 2 unspecified atom stereocenters. The van der Waals surface area contributed by atoms with E-state index in [1.165, 1.54) is 0 Å². The van der Waals surface area contributed by atoms with Crippen LogP contribution in [-0.2, 0) is 0 Å². The maximum Gasteiger partial charge on any atom is 0.0789 e. The largest absolute Gasteiger partial charge is 0.390 e. The summed E-state index contributed by atoms with van der Waals surface area (Å²) in [7, 11) is 0. The highest BCUT2D eigenvalue weighted by Crippen LogP contribution is 2.02. The van der Waals surface area contributed by atoms with Gasteiger partial charge in [-0.15, -0.1) is 0 Å². The normalized spacial score (nSPS) is 28.4. The molecule has 1 aliphatic heterocycles. The Bertz CT molecular complexity index is 143. The minimum atomic E-state index is -0.370. The van der Waals surface area contributed by atoms with E-state index in [0.717, 1.165) is 26.2 Å². The van der Waals surface area contributed by atoms with Crippen LogP contribution in [0.25, 0.3) is 0 Å². The fourth-order valence-electron chi connectivity index (χ4n) is 1.72. The number of nitrogens with zero attached hydrogens (tertiary/aromatic N) is 1. The van der Waals surface area contributed by atoms with E-state index < -0.39 is 0 Å². The molecule has 0 aromatic heterocycles. The van der Waals surface area contributed by atoms with Gasteiger partial charge in [0.05, 0.1) is 6.10 Å². The molecular weight excluding hydrogens is 166 g/mol. The predicted molar refractivity (Wildman–Crippen MR) is 53.5 cm³/mol. The molecule has 1 fully saturated rings. The van der Waals surface area contributed by atoms with Crippen molar-refractivity contribution < 1.29 is 5.11 Å². The third-order valence-electron chi connectivity index (χ3n) is 2.41. The van der Waals surface area contributed by atoms with Gasteiger partial charge < -0.3 is 16.2 Å². The molecule has 13 heavy (non-hydrogen) atoms. The molecular formula is C9H21N3O. The van der Waals surface area contributed by atoms with Crippen LogP contribution < -0.4 is 11.1 Å². The molecule has 0 bridgehead atoms.